The van der Waals surface area contributed by atoms with Crippen LogP contribution in [0.2, 0.25) is 0 Å². The van der Waals surface area contributed by atoms with E-state index in [0.717, 1.165) is 31.3 Å². The van der Waals surface area contributed by atoms with Gasteiger partial charge in [-0.3, -0.25) is 4.79 Å². The summed E-state index contributed by atoms with van der Waals surface area (Å²) in [6.07, 6.45) is 7.07. The summed E-state index contributed by atoms with van der Waals surface area (Å²) in [4.78, 5) is 11.8. The minimum absolute atomic E-state index is 0.0978. The molecule has 1 rings (SSSR count). The monoisotopic (exact) mass is 196 g/mol. The van der Waals surface area contributed by atoms with Gasteiger partial charge in [0.2, 0.25) is 0 Å². The number of ketones is 1. The number of aliphatic hydroxyl groups is 1. The van der Waals surface area contributed by atoms with Gasteiger partial charge in [-0.15, -0.1) is 0 Å². The second-order valence-electron chi connectivity index (χ2n) is 4.53. The highest BCUT2D eigenvalue weighted by atomic mass is 16.3. The van der Waals surface area contributed by atoms with Gasteiger partial charge in [-0.25, -0.2) is 0 Å². The van der Waals surface area contributed by atoms with E-state index in [1.807, 2.05) is 13.8 Å². The van der Waals surface area contributed by atoms with E-state index in [4.69, 9.17) is 0 Å². The van der Waals surface area contributed by atoms with E-state index in [-0.39, 0.29) is 5.78 Å². The summed E-state index contributed by atoms with van der Waals surface area (Å²) in [6, 6.07) is 0. The molecular formula is C12H20O2. The molecule has 80 valence electrons. The molecule has 1 saturated carbocycles. The Hall–Kier alpha value is -0.630. The van der Waals surface area contributed by atoms with Crippen LogP contribution in [0, 0.1) is 0 Å². The van der Waals surface area contributed by atoms with Crippen LogP contribution in [0.25, 0.3) is 0 Å². The van der Waals surface area contributed by atoms with Gasteiger partial charge in [0.05, 0.1) is 0 Å². The van der Waals surface area contributed by atoms with Crippen molar-refractivity contribution in [3.05, 3.63) is 11.6 Å². The van der Waals surface area contributed by atoms with Gasteiger partial charge in [-0.2, -0.15) is 0 Å². The SMILES string of the molecule is CC(C)=CC(=O)C1(O)CCCCCC1. The maximum atomic E-state index is 11.8. The number of hydrogen-bond donors (Lipinski definition) is 1. The smallest absolute Gasteiger partial charge is 0.187 e. The van der Waals surface area contributed by atoms with Crippen molar-refractivity contribution in [2.45, 2.75) is 58.0 Å². The number of carbonyl (C=O) groups excluding carboxylic acids is 1. The normalized spacial score (nSPS) is 21.1. The molecule has 1 N–H and O–H groups in total. The van der Waals surface area contributed by atoms with Crippen molar-refractivity contribution >= 4 is 5.78 Å². The quantitative estimate of drug-likeness (QED) is 0.544. The zero-order valence-corrected chi connectivity index (χ0v) is 9.18. The largest absolute Gasteiger partial charge is 0.382 e. The van der Waals surface area contributed by atoms with Crippen LogP contribution in [-0.2, 0) is 4.79 Å². The third kappa shape index (κ3) is 2.95. The predicted molar refractivity (Wildman–Crippen MR) is 57.1 cm³/mol. The lowest BCUT2D eigenvalue weighted by atomic mass is 9.89. The Kier molecular flexibility index (Phi) is 3.87. The van der Waals surface area contributed by atoms with Crippen LogP contribution in [0.3, 0.4) is 0 Å². The Morgan fingerprint density at radius 2 is 1.64 bits per heavy atom. The van der Waals surface area contributed by atoms with Gasteiger partial charge < -0.3 is 5.11 Å². The Morgan fingerprint density at radius 3 is 2.07 bits per heavy atom. The summed E-state index contributed by atoms with van der Waals surface area (Å²) in [5.41, 5.74) is -0.0963. The second-order valence-corrected chi connectivity index (χ2v) is 4.53. The van der Waals surface area contributed by atoms with Crippen molar-refractivity contribution in [3.63, 3.8) is 0 Å². The summed E-state index contributed by atoms with van der Waals surface area (Å²) in [6.45, 7) is 3.77. The lowest BCUT2D eigenvalue weighted by molar-refractivity contribution is -0.133. The molecule has 14 heavy (non-hydrogen) atoms. The molecule has 0 amide bonds. The summed E-state index contributed by atoms with van der Waals surface area (Å²) >= 11 is 0. The first-order valence-corrected chi connectivity index (χ1v) is 5.46. The van der Waals surface area contributed by atoms with E-state index in [9.17, 15) is 9.90 Å². The molecule has 0 heterocycles. The van der Waals surface area contributed by atoms with Gasteiger partial charge in [0, 0.05) is 0 Å². The number of hydrogen-bond acceptors (Lipinski definition) is 2. The highest BCUT2D eigenvalue weighted by molar-refractivity contribution is 5.97. The predicted octanol–water partition coefficient (Wildman–Crippen LogP) is 2.61. The van der Waals surface area contributed by atoms with Crippen LogP contribution < -0.4 is 0 Å². The molecular weight excluding hydrogens is 176 g/mol. The van der Waals surface area contributed by atoms with Gasteiger partial charge in [-0.1, -0.05) is 31.3 Å². The van der Waals surface area contributed by atoms with Crippen molar-refractivity contribution in [1.29, 1.82) is 0 Å². The molecule has 1 aliphatic carbocycles. The molecule has 0 saturated heterocycles. The van der Waals surface area contributed by atoms with Crippen LogP contribution in [0.1, 0.15) is 52.4 Å². The van der Waals surface area contributed by atoms with Crippen molar-refractivity contribution in [2.24, 2.45) is 0 Å². The van der Waals surface area contributed by atoms with Gasteiger partial charge in [0.1, 0.15) is 5.60 Å². The van der Waals surface area contributed by atoms with Crippen molar-refractivity contribution in [2.75, 3.05) is 0 Å². The summed E-state index contributed by atoms with van der Waals surface area (Å²) in [5.74, 6) is -0.0978. The van der Waals surface area contributed by atoms with Crippen molar-refractivity contribution < 1.29 is 9.90 Å². The number of carbonyl (C=O) groups is 1. The Labute approximate surface area is 86.0 Å². The molecule has 0 bridgehead atoms. The molecule has 1 aliphatic rings. The van der Waals surface area contributed by atoms with E-state index in [2.05, 4.69) is 0 Å². The highest BCUT2D eigenvalue weighted by Gasteiger charge is 2.34. The van der Waals surface area contributed by atoms with Crippen molar-refractivity contribution in [1.82, 2.24) is 0 Å². The summed E-state index contributed by atoms with van der Waals surface area (Å²) in [5, 5.41) is 10.2. The maximum Gasteiger partial charge on any atom is 0.187 e. The van der Waals surface area contributed by atoms with E-state index < -0.39 is 5.60 Å². The third-order valence-corrected chi connectivity index (χ3v) is 2.81. The first-order valence-electron chi connectivity index (χ1n) is 5.46. The number of rotatable bonds is 2. The van der Waals surface area contributed by atoms with E-state index in [1.54, 1.807) is 6.08 Å². The van der Waals surface area contributed by atoms with Crippen LogP contribution in [0.15, 0.2) is 11.6 Å². The molecule has 2 nitrogen and oxygen atoms in total. The Bertz CT molecular complexity index is 229. The topological polar surface area (TPSA) is 37.3 Å². The van der Waals surface area contributed by atoms with E-state index in [1.165, 1.54) is 0 Å². The molecule has 1 fully saturated rings. The zero-order chi connectivity index (χ0) is 10.6. The fraction of sp³-hybridized carbons (Fsp3) is 0.750. The molecule has 0 aromatic rings. The van der Waals surface area contributed by atoms with Gasteiger partial charge in [0.25, 0.3) is 0 Å². The van der Waals surface area contributed by atoms with E-state index in [0.29, 0.717) is 12.8 Å². The van der Waals surface area contributed by atoms with Gasteiger partial charge in [-0.05, 0) is 32.8 Å². The van der Waals surface area contributed by atoms with E-state index >= 15 is 0 Å². The first-order chi connectivity index (χ1) is 6.54. The molecule has 0 spiro atoms. The van der Waals surface area contributed by atoms with Gasteiger partial charge in [0.15, 0.2) is 5.78 Å². The van der Waals surface area contributed by atoms with Crippen LogP contribution in [0.4, 0.5) is 0 Å². The molecule has 0 atom stereocenters. The maximum absolute atomic E-state index is 11.8. The molecule has 0 unspecified atom stereocenters. The fourth-order valence-corrected chi connectivity index (χ4v) is 1.96. The minimum Gasteiger partial charge on any atom is -0.382 e. The van der Waals surface area contributed by atoms with Crippen LogP contribution >= 0.6 is 0 Å². The second kappa shape index (κ2) is 4.74. The minimum atomic E-state index is -1.06. The zero-order valence-electron chi connectivity index (χ0n) is 9.18. The highest BCUT2D eigenvalue weighted by Crippen LogP contribution is 2.28. The average molecular weight is 196 g/mol. The average Bonchev–Trinajstić information content (AvgIpc) is 2.30. The third-order valence-electron chi connectivity index (χ3n) is 2.81. The molecule has 0 radical (unpaired) electrons. The Balaban J connectivity index is 2.71. The Morgan fingerprint density at radius 1 is 1.14 bits per heavy atom. The fourth-order valence-electron chi connectivity index (χ4n) is 1.96. The first kappa shape index (κ1) is 11.4. The molecule has 0 aromatic heterocycles. The van der Waals surface area contributed by atoms with Crippen molar-refractivity contribution in [3.8, 4) is 0 Å². The van der Waals surface area contributed by atoms with Crippen LogP contribution in [0.5, 0.6) is 0 Å². The van der Waals surface area contributed by atoms with Crippen LogP contribution in [-0.4, -0.2) is 16.5 Å². The lowest BCUT2D eigenvalue weighted by Gasteiger charge is -2.23. The summed E-state index contributed by atoms with van der Waals surface area (Å²) < 4.78 is 0. The standard InChI is InChI=1S/C12H20O2/c1-10(2)9-11(13)12(14)7-5-3-4-6-8-12/h9,14H,3-8H2,1-2H3. The molecule has 0 aliphatic heterocycles. The number of allylic oxidation sites excluding steroid dienone is 1. The summed E-state index contributed by atoms with van der Waals surface area (Å²) in [7, 11) is 0. The van der Waals surface area contributed by atoms with Gasteiger partial charge >= 0.3 is 0 Å². The molecule has 2 heteroatoms. The molecule has 0 aromatic carbocycles. The lowest BCUT2D eigenvalue weighted by Crippen LogP contribution is -2.36.